The average Bonchev–Trinajstić information content (AvgIpc) is 2.66. The summed E-state index contributed by atoms with van der Waals surface area (Å²) in [7, 11) is 1.82. The number of amides is 2. The zero-order valence-corrected chi connectivity index (χ0v) is 16.0. The number of pyridine rings is 1. The zero-order valence-electron chi connectivity index (χ0n) is 16.0. The third-order valence-electron chi connectivity index (χ3n) is 4.57. The Balaban J connectivity index is 1.89. The van der Waals surface area contributed by atoms with Crippen LogP contribution in [0.4, 0.5) is 10.5 Å². The Hall–Kier alpha value is -2.31. The highest BCUT2D eigenvalue weighted by Crippen LogP contribution is 2.18. The van der Waals surface area contributed by atoms with Gasteiger partial charge in [-0.3, -0.25) is 9.78 Å². The minimum Gasteiger partial charge on any atom is -0.450 e. The van der Waals surface area contributed by atoms with Crippen LogP contribution in [0.1, 0.15) is 49.9 Å². The van der Waals surface area contributed by atoms with E-state index < -0.39 is 0 Å². The fourth-order valence-electron chi connectivity index (χ4n) is 3.01. The lowest BCUT2D eigenvalue weighted by Crippen LogP contribution is -2.42. The van der Waals surface area contributed by atoms with Crippen molar-refractivity contribution in [2.45, 2.75) is 45.6 Å². The fraction of sp³-hybridized carbons (Fsp3) is 0.632. The van der Waals surface area contributed by atoms with Crippen molar-refractivity contribution in [1.82, 2.24) is 14.8 Å². The summed E-state index contributed by atoms with van der Waals surface area (Å²) in [5, 5.41) is 3.44. The van der Waals surface area contributed by atoms with E-state index in [1.807, 2.05) is 20.0 Å². The Morgan fingerprint density at radius 2 is 2.04 bits per heavy atom. The molecule has 26 heavy (non-hydrogen) atoms. The van der Waals surface area contributed by atoms with E-state index in [-0.39, 0.29) is 18.0 Å². The molecule has 0 aromatic carbocycles. The molecule has 0 unspecified atom stereocenters. The molecule has 2 rings (SSSR count). The average molecular weight is 362 g/mol. The minimum atomic E-state index is -0.240. The molecule has 0 aliphatic carbocycles. The summed E-state index contributed by atoms with van der Waals surface area (Å²) in [5.41, 5.74) is 1.44. The van der Waals surface area contributed by atoms with Crippen molar-refractivity contribution in [3.05, 3.63) is 24.0 Å². The second kappa shape index (κ2) is 9.99. The summed E-state index contributed by atoms with van der Waals surface area (Å²) < 4.78 is 5.04. The van der Waals surface area contributed by atoms with Crippen LogP contribution < -0.4 is 5.32 Å². The summed E-state index contributed by atoms with van der Waals surface area (Å²) in [4.78, 5) is 31.9. The van der Waals surface area contributed by atoms with Gasteiger partial charge in [-0.15, -0.1) is 0 Å². The minimum absolute atomic E-state index is 0.00766. The molecule has 1 N–H and O–H groups in total. The van der Waals surface area contributed by atoms with Gasteiger partial charge in [0.2, 0.25) is 0 Å². The molecule has 7 heteroatoms. The van der Waals surface area contributed by atoms with Gasteiger partial charge in [0, 0.05) is 45.1 Å². The number of ether oxygens (including phenoxy) is 1. The van der Waals surface area contributed by atoms with Crippen LogP contribution in [0.15, 0.2) is 18.5 Å². The summed E-state index contributed by atoms with van der Waals surface area (Å²) in [6.07, 6.45) is 6.84. The van der Waals surface area contributed by atoms with Crippen LogP contribution in [0, 0.1) is 0 Å². The van der Waals surface area contributed by atoms with Gasteiger partial charge in [0.25, 0.3) is 5.91 Å². The highest BCUT2D eigenvalue weighted by Gasteiger charge is 2.23. The number of nitrogens with zero attached hydrogens (tertiary/aromatic N) is 3. The second-order valence-corrected chi connectivity index (χ2v) is 6.65. The smallest absolute Gasteiger partial charge is 0.409 e. The van der Waals surface area contributed by atoms with E-state index in [0.29, 0.717) is 25.3 Å². The summed E-state index contributed by atoms with van der Waals surface area (Å²) in [5.74, 6) is -0.00766. The van der Waals surface area contributed by atoms with Gasteiger partial charge in [-0.25, -0.2) is 4.79 Å². The van der Waals surface area contributed by atoms with Crippen LogP contribution in [0.2, 0.25) is 0 Å². The van der Waals surface area contributed by atoms with Crippen molar-refractivity contribution in [3.63, 3.8) is 0 Å². The molecule has 2 amide bonds. The van der Waals surface area contributed by atoms with Gasteiger partial charge < -0.3 is 19.9 Å². The number of piperidine rings is 1. The zero-order chi connectivity index (χ0) is 18.9. The van der Waals surface area contributed by atoms with Gasteiger partial charge in [-0.1, -0.05) is 13.3 Å². The SMILES string of the molecule is CCCCN(C)C(=O)c1cncc(NC2CCN(C(=O)OCC)CC2)c1. The Bertz CT molecular complexity index is 600. The molecule has 1 aromatic rings. The molecule has 144 valence electrons. The molecular formula is C19H30N4O3. The van der Waals surface area contributed by atoms with Gasteiger partial charge in [-0.2, -0.15) is 0 Å². The summed E-state index contributed by atoms with van der Waals surface area (Å²) in [6, 6.07) is 2.11. The van der Waals surface area contributed by atoms with Gasteiger partial charge in [0.1, 0.15) is 0 Å². The van der Waals surface area contributed by atoms with E-state index in [2.05, 4.69) is 17.2 Å². The van der Waals surface area contributed by atoms with E-state index in [4.69, 9.17) is 4.74 Å². The van der Waals surface area contributed by atoms with Crippen LogP contribution >= 0.6 is 0 Å². The van der Waals surface area contributed by atoms with Crippen molar-refractivity contribution >= 4 is 17.7 Å². The van der Waals surface area contributed by atoms with Gasteiger partial charge in [0.15, 0.2) is 0 Å². The molecule has 0 atom stereocenters. The number of likely N-dealkylation sites (tertiary alicyclic amines) is 1. The number of aromatic nitrogens is 1. The predicted molar refractivity (Wildman–Crippen MR) is 101 cm³/mol. The Labute approximate surface area is 155 Å². The van der Waals surface area contributed by atoms with E-state index >= 15 is 0 Å². The number of anilines is 1. The van der Waals surface area contributed by atoms with Crippen molar-refractivity contribution in [2.24, 2.45) is 0 Å². The largest absolute Gasteiger partial charge is 0.450 e. The number of unbranched alkanes of at least 4 members (excludes halogenated alkanes) is 1. The van der Waals surface area contributed by atoms with Crippen molar-refractivity contribution in [3.8, 4) is 0 Å². The van der Waals surface area contributed by atoms with E-state index in [0.717, 1.165) is 37.9 Å². The van der Waals surface area contributed by atoms with E-state index in [9.17, 15) is 9.59 Å². The predicted octanol–water partition coefficient (Wildman–Crippen LogP) is 2.99. The van der Waals surface area contributed by atoms with E-state index in [1.165, 1.54) is 0 Å². The highest BCUT2D eigenvalue weighted by atomic mass is 16.6. The lowest BCUT2D eigenvalue weighted by molar-refractivity contribution is 0.0792. The third-order valence-corrected chi connectivity index (χ3v) is 4.57. The van der Waals surface area contributed by atoms with Gasteiger partial charge in [-0.05, 0) is 32.3 Å². The summed E-state index contributed by atoms with van der Waals surface area (Å²) >= 11 is 0. The Morgan fingerprint density at radius 1 is 1.31 bits per heavy atom. The van der Waals surface area contributed by atoms with Gasteiger partial charge in [0.05, 0.1) is 17.9 Å². The molecule has 0 spiro atoms. The third kappa shape index (κ3) is 5.61. The normalized spacial score (nSPS) is 14.8. The monoisotopic (exact) mass is 362 g/mol. The maximum Gasteiger partial charge on any atom is 0.409 e. The molecule has 1 fully saturated rings. The highest BCUT2D eigenvalue weighted by molar-refractivity contribution is 5.94. The molecule has 1 aliphatic rings. The van der Waals surface area contributed by atoms with E-state index in [1.54, 1.807) is 22.2 Å². The lowest BCUT2D eigenvalue weighted by Gasteiger charge is -2.32. The summed E-state index contributed by atoms with van der Waals surface area (Å²) in [6.45, 7) is 6.41. The fourth-order valence-corrected chi connectivity index (χ4v) is 3.01. The van der Waals surface area contributed by atoms with Crippen LogP contribution in [-0.4, -0.2) is 66.1 Å². The molecule has 0 bridgehead atoms. The Morgan fingerprint density at radius 3 is 2.69 bits per heavy atom. The van der Waals surface area contributed by atoms with Crippen molar-refractivity contribution in [2.75, 3.05) is 38.6 Å². The molecule has 1 saturated heterocycles. The first-order chi connectivity index (χ1) is 12.5. The van der Waals surface area contributed by atoms with Crippen LogP contribution in [-0.2, 0) is 4.74 Å². The molecule has 0 radical (unpaired) electrons. The molecular weight excluding hydrogens is 332 g/mol. The molecule has 7 nitrogen and oxygen atoms in total. The first-order valence-corrected chi connectivity index (χ1v) is 9.43. The Kier molecular flexibility index (Phi) is 7.69. The second-order valence-electron chi connectivity index (χ2n) is 6.65. The first-order valence-electron chi connectivity index (χ1n) is 9.43. The maximum absolute atomic E-state index is 12.5. The number of rotatable bonds is 7. The number of hydrogen-bond acceptors (Lipinski definition) is 5. The number of hydrogen-bond donors (Lipinski definition) is 1. The topological polar surface area (TPSA) is 74.8 Å². The number of carbonyl (C=O) groups is 2. The number of nitrogens with one attached hydrogen (secondary N) is 1. The maximum atomic E-state index is 12.5. The molecule has 2 heterocycles. The first kappa shape index (κ1) is 20.0. The van der Waals surface area contributed by atoms with Crippen LogP contribution in [0.25, 0.3) is 0 Å². The quantitative estimate of drug-likeness (QED) is 0.807. The number of carbonyl (C=O) groups excluding carboxylic acids is 2. The van der Waals surface area contributed by atoms with Crippen LogP contribution in [0.3, 0.4) is 0 Å². The van der Waals surface area contributed by atoms with Crippen molar-refractivity contribution < 1.29 is 14.3 Å². The van der Waals surface area contributed by atoms with Crippen LogP contribution in [0.5, 0.6) is 0 Å². The molecule has 0 saturated carbocycles. The lowest BCUT2D eigenvalue weighted by atomic mass is 10.0. The van der Waals surface area contributed by atoms with Gasteiger partial charge >= 0.3 is 6.09 Å². The molecule has 1 aromatic heterocycles. The van der Waals surface area contributed by atoms with Crippen molar-refractivity contribution in [1.29, 1.82) is 0 Å². The molecule has 1 aliphatic heterocycles. The standard InChI is InChI=1S/C19H30N4O3/c1-4-6-9-22(3)18(24)15-12-17(14-20-13-15)21-16-7-10-23(11-8-16)19(25)26-5-2/h12-14,16,21H,4-11H2,1-3H3.